The summed E-state index contributed by atoms with van der Waals surface area (Å²) in [7, 11) is 1.73. The molecule has 3 unspecified atom stereocenters. The van der Waals surface area contributed by atoms with Gasteiger partial charge in [0.1, 0.15) is 12.1 Å². The number of aromatic nitrogens is 1. The fourth-order valence-corrected chi connectivity index (χ4v) is 5.29. The van der Waals surface area contributed by atoms with Crippen LogP contribution in [-0.4, -0.2) is 59.3 Å². The molecule has 1 aromatic carbocycles. The van der Waals surface area contributed by atoms with Gasteiger partial charge in [-0.2, -0.15) is 0 Å². The minimum absolute atomic E-state index is 0.0894. The summed E-state index contributed by atoms with van der Waals surface area (Å²) < 4.78 is 0. The van der Waals surface area contributed by atoms with E-state index in [2.05, 4.69) is 20.9 Å². The number of carbonyl (C=O) groups excluding carboxylic acids is 3. The van der Waals surface area contributed by atoms with Crippen molar-refractivity contribution in [3.63, 3.8) is 0 Å². The Kier molecular flexibility index (Phi) is 8.70. The third kappa shape index (κ3) is 5.93. The van der Waals surface area contributed by atoms with Gasteiger partial charge in [0.25, 0.3) is 0 Å². The number of likely N-dealkylation sites (N-methyl/N-ethyl adjacent to an activating group) is 1. The first kappa shape index (κ1) is 25.8. The molecule has 2 aliphatic rings. The van der Waals surface area contributed by atoms with Crippen molar-refractivity contribution in [1.82, 2.24) is 20.5 Å². The van der Waals surface area contributed by atoms with E-state index in [1.165, 1.54) is 0 Å². The van der Waals surface area contributed by atoms with Gasteiger partial charge in [-0.15, -0.1) is 0 Å². The van der Waals surface area contributed by atoms with Crippen LogP contribution < -0.4 is 16.0 Å². The molecule has 4 rings (SSSR count). The van der Waals surface area contributed by atoms with Crippen molar-refractivity contribution in [3.05, 3.63) is 48.7 Å². The molecule has 1 aromatic heterocycles. The van der Waals surface area contributed by atoms with Gasteiger partial charge in [0, 0.05) is 18.3 Å². The minimum atomic E-state index is -0.611. The van der Waals surface area contributed by atoms with Crippen LogP contribution in [-0.2, 0) is 14.4 Å². The van der Waals surface area contributed by atoms with Gasteiger partial charge in [-0.3, -0.25) is 19.4 Å². The Labute approximate surface area is 213 Å². The van der Waals surface area contributed by atoms with E-state index in [1.54, 1.807) is 31.1 Å². The Morgan fingerprint density at radius 1 is 0.972 bits per heavy atom. The number of benzene rings is 1. The van der Waals surface area contributed by atoms with Crippen LogP contribution >= 0.6 is 0 Å². The standard InChI is InChI=1S/C28H37N5O3/c1-19(29-2)26(34)32-25(21-13-7-4-8-14-21)28(36)33-18-10-16-23(33)27(35)31-22-15-9-17-30-24(22)20-11-5-3-6-12-20/h3,5-6,9,11-12,15,17,19,21,23,25,29H,4,7-8,10,13-14,16,18H2,1-2H3,(H,31,35)(H,32,34). The van der Waals surface area contributed by atoms with Crippen LogP contribution in [0.15, 0.2) is 48.7 Å². The zero-order chi connectivity index (χ0) is 25.5. The van der Waals surface area contributed by atoms with E-state index in [1.807, 2.05) is 36.4 Å². The van der Waals surface area contributed by atoms with Gasteiger partial charge in [0.2, 0.25) is 17.7 Å². The maximum Gasteiger partial charge on any atom is 0.247 e. The number of pyridine rings is 1. The second-order valence-electron chi connectivity index (χ2n) is 9.84. The summed E-state index contributed by atoms with van der Waals surface area (Å²) in [5.41, 5.74) is 2.22. The molecule has 0 radical (unpaired) electrons. The number of hydrogen-bond donors (Lipinski definition) is 3. The number of likely N-dealkylation sites (tertiary alicyclic amines) is 1. The fraction of sp³-hybridized carbons (Fsp3) is 0.500. The molecule has 3 N–H and O–H groups in total. The van der Waals surface area contributed by atoms with Crippen molar-refractivity contribution in [3.8, 4) is 11.3 Å². The van der Waals surface area contributed by atoms with E-state index in [-0.39, 0.29) is 23.6 Å². The summed E-state index contributed by atoms with van der Waals surface area (Å²) in [6, 6.07) is 11.7. The van der Waals surface area contributed by atoms with Crippen LogP contribution in [0.1, 0.15) is 51.9 Å². The van der Waals surface area contributed by atoms with Gasteiger partial charge in [-0.1, -0.05) is 49.6 Å². The topological polar surface area (TPSA) is 103 Å². The van der Waals surface area contributed by atoms with Crippen LogP contribution in [0.4, 0.5) is 5.69 Å². The Bertz CT molecular complexity index is 1050. The zero-order valence-electron chi connectivity index (χ0n) is 21.2. The molecule has 3 atom stereocenters. The Hall–Kier alpha value is -3.26. The molecule has 2 fully saturated rings. The van der Waals surface area contributed by atoms with E-state index in [9.17, 15) is 14.4 Å². The second-order valence-corrected chi connectivity index (χ2v) is 9.84. The molecule has 36 heavy (non-hydrogen) atoms. The Morgan fingerprint density at radius 3 is 2.44 bits per heavy atom. The predicted octanol–water partition coefficient (Wildman–Crippen LogP) is 3.35. The Morgan fingerprint density at radius 2 is 1.72 bits per heavy atom. The number of rotatable bonds is 8. The SMILES string of the molecule is CNC(C)C(=O)NC(C(=O)N1CCCC1C(=O)Nc1cccnc1-c1ccccc1)C1CCCCC1. The Balaban J connectivity index is 1.52. The van der Waals surface area contributed by atoms with Crippen molar-refractivity contribution in [1.29, 1.82) is 0 Å². The maximum absolute atomic E-state index is 13.8. The predicted molar refractivity (Wildman–Crippen MR) is 140 cm³/mol. The van der Waals surface area contributed by atoms with Gasteiger partial charge in [0.15, 0.2) is 0 Å². The summed E-state index contributed by atoms with van der Waals surface area (Å²) in [5.74, 6) is -0.468. The van der Waals surface area contributed by atoms with E-state index in [0.717, 1.165) is 44.1 Å². The summed E-state index contributed by atoms with van der Waals surface area (Å²) in [6.07, 6.45) is 8.13. The molecule has 8 nitrogen and oxygen atoms in total. The van der Waals surface area contributed by atoms with E-state index < -0.39 is 18.1 Å². The first-order valence-electron chi connectivity index (χ1n) is 13.1. The lowest BCUT2D eigenvalue weighted by Gasteiger charge is -2.35. The lowest BCUT2D eigenvalue weighted by molar-refractivity contribution is -0.142. The van der Waals surface area contributed by atoms with E-state index in [0.29, 0.717) is 24.3 Å². The number of carbonyl (C=O) groups is 3. The number of nitrogens with one attached hydrogen (secondary N) is 3. The highest BCUT2D eigenvalue weighted by Crippen LogP contribution is 2.30. The van der Waals surface area contributed by atoms with Gasteiger partial charge in [-0.25, -0.2) is 0 Å². The van der Waals surface area contributed by atoms with Crippen molar-refractivity contribution in [2.45, 2.75) is 70.0 Å². The monoisotopic (exact) mass is 491 g/mol. The fourth-order valence-electron chi connectivity index (χ4n) is 5.29. The summed E-state index contributed by atoms with van der Waals surface area (Å²) in [6.45, 7) is 2.29. The van der Waals surface area contributed by atoms with Crippen molar-refractivity contribution < 1.29 is 14.4 Å². The van der Waals surface area contributed by atoms with Crippen LogP contribution in [0.2, 0.25) is 0 Å². The van der Waals surface area contributed by atoms with Crippen molar-refractivity contribution >= 4 is 23.4 Å². The second kappa shape index (κ2) is 12.1. The number of hydrogen-bond acceptors (Lipinski definition) is 5. The summed E-state index contributed by atoms with van der Waals surface area (Å²) in [5, 5.41) is 9.00. The van der Waals surface area contributed by atoms with Crippen LogP contribution in [0.3, 0.4) is 0 Å². The molecule has 0 spiro atoms. The summed E-state index contributed by atoms with van der Waals surface area (Å²) in [4.78, 5) is 46.2. The number of anilines is 1. The molecule has 192 valence electrons. The van der Waals surface area contributed by atoms with Crippen LogP contribution in [0.5, 0.6) is 0 Å². The van der Waals surface area contributed by atoms with Gasteiger partial charge in [-0.05, 0) is 57.7 Å². The molecule has 0 bridgehead atoms. The molecule has 3 amide bonds. The molecule has 1 aliphatic carbocycles. The summed E-state index contributed by atoms with van der Waals surface area (Å²) >= 11 is 0. The van der Waals surface area contributed by atoms with Crippen LogP contribution in [0.25, 0.3) is 11.3 Å². The molecule has 2 heterocycles. The van der Waals surface area contributed by atoms with E-state index >= 15 is 0 Å². The molecule has 2 aromatic rings. The lowest BCUT2D eigenvalue weighted by atomic mass is 9.83. The smallest absolute Gasteiger partial charge is 0.247 e. The number of nitrogens with zero attached hydrogens (tertiary/aromatic N) is 2. The highest BCUT2D eigenvalue weighted by Gasteiger charge is 2.41. The average molecular weight is 492 g/mol. The molecular formula is C28H37N5O3. The molecule has 1 aliphatic heterocycles. The lowest BCUT2D eigenvalue weighted by Crippen LogP contribution is -2.57. The minimum Gasteiger partial charge on any atom is -0.343 e. The largest absolute Gasteiger partial charge is 0.343 e. The average Bonchev–Trinajstić information content (AvgIpc) is 3.42. The zero-order valence-corrected chi connectivity index (χ0v) is 21.2. The first-order valence-corrected chi connectivity index (χ1v) is 13.1. The van der Waals surface area contributed by atoms with Crippen molar-refractivity contribution in [2.75, 3.05) is 18.9 Å². The highest BCUT2D eigenvalue weighted by molar-refractivity contribution is 6.01. The van der Waals surface area contributed by atoms with Gasteiger partial charge < -0.3 is 20.9 Å². The highest BCUT2D eigenvalue weighted by atomic mass is 16.2. The van der Waals surface area contributed by atoms with E-state index in [4.69, 9.17) is 0 Å². The molecular weight excluding hydrogens is 454 g/mol. The molecule has 8 heteroatoms. The molecule has 1 saturated heterocycles. The van der Waals surface area contributed by atoms with Crippen molar-refractivity contribution in [2.24, 2.45) is 5.92 Å². The molecule has 1 saturated carbocycles. The third-order valence-corrected chi connectivity index (χ3v) is 7.46. The third-order valence-electron chi connectivity index (χ3n) is 7.46. The number of amides is 3. The first-order chi connectivity index (χ1) is 17.5. The van der Waals surface area contributed by atoms with Crippen LogP contribution in [0, 0.1) is 5.92 Å². The van der Waals surface area contributed by atoms with Gasteiger partial charge in [0.05, 0.1) is 17.4 Å². The normalized spacial score (nSPS) is 19.9. The van der Waals surface area contributed by atoms with Gasteiger partial charge >= 0.3 is 0 Å². The quantitative estimate of drug-likeness (QED) is 0.526. The maximum atomic E-state index is 13.8.